The van der Waals surface area contributed by atoms with Crippen LogP contribution in [0.25, 0.3) is 0 Å². The molecule has 1 heterocycles. The molecule has 2 rings (SSSR count). The molecule has 0 aromatic carbocycles. The van der Waals surface area contributed by atoms with Gasteiger partial charge in [-0.15, -0.1) is 0 Å². The lowest BCUT2D eigenvalue weighted by Gasteiger charge is -2.38. The molecule has 0 unspecified atom stereocenters. The minimum Gasteiger partial charge on any atom is -0.396 e. The summed E-state index contributed by atoms with van der Waals surface area (Å²) in [6.45, 7) is 3.25. The lowest BCUT2D eigenvalue weighted by atomic mass is 9.70. The van der Waals surface area contributed by atoms with Crippen LogP contribution >= 0.6 is 0 Å². The van der Waals surface area contributed by atoms with E-state index in [0.717, 1.165) is 6.54 Å². The van der Waals surface area contributed by atoms with Crippen molar-refractivity contribution in [3.8, 4) is 0 Å². The Hall–Kier alpha value is -1.32. The Morgan fingerprint density at radius 3 is 2.57 bits per heavy atom. The average molecular weight is 192 g/mol. The van der Waals surface area contributed by atoms with Crippen LogP contribution in [-0.4, -0.2) is 16.5 Å². The van der Waals surface area contributed by atoms with Crippen LogP contribution in [0.2, 0.25) is 0 Å². The molecule has 0 amide bonds. The van der Waals surface area contributed by atoms with E-state index < -0.39 is 0 Å². The van der Waals surface area contributed by atoms with Gasteiger partial charge in [0.15, 0.2) is 0 Å². The summed E-state index contributed by atoms with van der Waals surface area (Å²) in [5.41, 5.74) is 6.54. The van der Waals surface area contributed by atoms with E-state index in [1.807, 2.05) is 0 Å². The van der Waals surface area contributed by atoms with Crippen LogP contribution < -0.4 is 11.1 Å². The van der Waals surface area contributed by atoms with E-state index in [9.17, 15) is 0 Å². The fraction of sp³-hybridized carbons (Fsp3) is 0.600. The summed E-state index contributed by atoms with van der Waals surface area (Å²) < 4.78 is 0. The van der Waals surface area contributed by atoms with Gasteiger partial charge in [-0.25, -0.2) is 9.97 Å². The molecule has 0 radical (unpaired) electrons. The van der Waals surface area contributed by atoms with Gasteiger partial charge in [0.1, 0.15) is 0 Å². The Bertz CT molecular complexity index is 302. The van der Waals surface area contributed by atoms with E-state index in [1.54, 1.807) is 12.4 Å². The molecular formula is C10H16N4. The van der Waals surface area contributed by atoms with Crippen LogP contribution in [-0.2, 0) is 0 Å². The van der Waals surface area contributed by atoms with E-state index in [1.165, 1.54) is 19.3 Å². The van der Waals surface area contributed by atoms with Crippen molar-refractivity contribution in [3.05, 3.63) is 12.4 Å². The van der Waals surface area contributed by atoms with E-state index in [2.05, 4.69) is 22.2 Å². The van der Waals surface area contributed by atoms with Crippen LogP contribution in [0, 0.1) is 5.41 Å². The largest absolute Gasteiger partial charge is 0.396 e. The Balaban J connectivity index is 1.88. The molecule has 4 heteroatoms. The fourth-order valence-corrected chi connectivity index (χ4v) is 1.68. The van der Waals surface area contributed by atoms with Crippen LogP contribution in [0.4, 0.5) is 11.6 Å². The smallest absolute Gasteiger partial charge is 0.222 e. The zero-order valence-corrected chi connectivity index (χ0v) is 8.45. The fourth-order valence-electron chi connectivity index (χ4n) is 1.68. The van der Waals surface area contributed by atoms with Gasteiger partial charge in [-0.05, 0) is 18.3 Å². The molecule has 1 aliphatic rings. The SMILES string of the molecule is CC1(CNc2ncc(N)cn2)CCC1. The highest BCUT2D eigenvalue weighted by atomic mass is 15.1. The second-order valence-electron chi connectivity index (χ2n) is 4.36. The van der Waals surface area contributed by atoms with Gasteiger partial charge >= 0.3 is 0 Å². The van der Waals surface area contributed by atoms with E-state index in [0.29, 0.717) is 17.1 Å². The van der Waals surface area contributed by atoms with Crippen molar-refractivity contribution in [3.63, 3.8) is 0 Å². The summed E-state index contributed by atoms with van der Waals surface area (Å²) in [7, 11) is 0. The van der Waals surface area contributed by atoms with Crippen molar-refractivity contribution < 1.29 is 0 Å². The monoisotopic (exact) mass is 192 g/mol. The molecule has 1 aromatic rings. The van der Waals surface area contributed by atoms with Crippen LogP contribution in [0.15, 0.2) is 12.4 Å². The number of nitrogen functional groups attached to an aromatic ring is 1. The van der Waals surface area contributed by atoms with E-state index in [4.69, 9.17) is 5.73 Å². The van der Waals surface area contributed by atoms with Gasteiger partial charge in [0, 0.05) is 6.54 Å². The molecule has 14 heavy (non-hydrogen) atoms. The lowest BCUT2D eigenvalue weighted by molar-refractivity contribution is 0.179. The molecule has 0 aliphatic heterocycles. The van der Waals surface area contributed by atoms with E-state index >= 15 is 0 Å². The van der Waals surface area contributed by atoms with Crippen LogP contribution in [0.5, 0.6) is 0 Å². The summed E-state index contributed by atoms with van der Waals surface area (Å²) in [6.07, 6.45) is 7.20. The highest BCUT2D eigenvalue weighted by Gasteiger charge is 2.31. The minimum absolute atomic E-state index is 0.449. The number of hydrogen-bond donors (Lipinski definition) is 2. The van der Waals surface area contributed by atoms with Crippen LogP contribution in [0.1, 0.15) is 26.2 Å². The number of aromatic nitrogens is 2. The van der Waals surface area contributed by atoms with Gasteiger partial charge in [-0.2, -0.15) is 0 Å². The van der Waals surface area contributed by atoms with Gasteiger partial charge in [0.2, 0.25) is 5.95 Å². The number of nitrogens with one attached hydrogen (secondary N) is 1. The first-order chi connectivity index (χ1) is 6.68. The Morgan fingerprint density at radius 2 is 2.07 bits per heavy atom. The molecule has 0 bridgehead atoms. The predicted octanol–water partition coefficient (Wildman–Crippen LogP) is 1.66. The lowest BCUT2D eigenvalue weighted by Crippen LogP contribution is -2.33. The summed E-state index contributed by atoms with van der Waals surface area (Å²) in [6, 6.07) is 0. The summed E-state index contributed by atoms with van der Waals surface area (Å²) in [5.74, 6) is 0.673. The number of nitrogens with zero attached hydrogens (tertiary/aromatic N) is 2. The molecule has 0 atom stereocenters. The highest BCUT2D eigenvalue weighted by Crippen LogP contribution is 2.39. The number of anilines is 2. The first-order valence-corrected chi connectivity index (χ1v) is 4.99. The molecule has 0 spiro atoms. The van der Waals surface area contributed by atoms with Crippen molar-refractivity contribution in [2.24, 2.45) is 5.41 Å². The molecular weight excluding hydrogens is 176 g/mol. The van der Waals surface area contributed by atoms with Gasteiger partial charge in [-0.1, -0.05) is 13.3 Å². The van der Waals surface area contributed by atoms with Crippen molar-refractivity contribution in [1.82, 2.24) is 9.97 Å². The number of nitrogens with two attached hydrogens (primary N) is 1. The maximum atomic E-state index is 5.49. The molecule has 0 saturated heterocycles. The normalized spacial score (nSPS) is 18.6. The summed E-state index contributed by atoms with van der Waals surface area (Å²) in [4.78, 5) is 8.19. The zero-order valence-electron chi connectivity index (χ0n) is 8.45. The second-order valence-corrected chi connectivity index (χ2v) is 4.36. The van der Waals surface area contributed by atoms with Gasteiger partial charge in [-0.3, -0.25) is 0 Å². The predicted molar refractivity (Wildman–Crippen MR) is 56.9 cm³/mol. The average Bonchev–Trinajstić information content (AvgIpc) is 2.14. The summed E-state index contributed by atoms with van der Waals surface area (Å²) in [5, 5.41) is 3.24. The topological polar surface area (TPSA) is 63.8 Å². The first kappa shape index (κ1) is 9.24. The zero-order chi connectivity index (χ0) is 10.0. The molecule has 1 fully saturated rings. The maximum absolute atomic E-state index is 5.49. The highest BCUT2D eigenvalue weighted by molar-refractivity contribution is 5.36. The van der Waals surface area contributed by atoms with Crippen molar-refractivity contribution in [1.29, 1.82) is 0 Å². The quantitative estimate of drug-likeness (QED) is 0.764. The molecule has 1 aliphatic carbocycles. The van der Waals surface area contributed by atoms with Crippen molar-refractivity contribution >= 4 is 11.6 Å². The summed E-state index contributed by atoms with van der Waals surface area (Å²) >= 11 is 0. The third-order valence-electron chi connectivity index (χ3n) is 2.91. The molecule has 4 nitrogen and oxygen atoms in total. The third-order valence-corrected chi connectivity index (χ3v) is 2.91. The maximum Gasteiger partial charge on any atom is 0.222 e. The molecule has 76 valence electrons. The standard InChI is InChI=1S/C10H16N4/c1-10(3-2-4-10)7-14-9-12-5-8(11)6-13-9/h5-6H,2-4,7,11H2,1H3,(H,12,13,14). The first-order valence-electron chi connectivity index (χ1n) is 4.99. The van der Waals surface area contributed by atoms with Gasteiger partial charge < -0.3 is 11.1 Å². The molecule has 1 saturated carbocycles. The Labute approximate surface area is 83.9 Å². The second kappa shape index (κ2) is 3.44. The minimum atomic E-state index is 0.449. The van der Waals surface area contributed by atoms with Gasteiger partial charge in [0.05, 0.1) is 18.1 Å². The van der Waals surface area contributed by atoms with Gasteiger partial charge in [0.25, 0.3) is 0 Å². The van der Waals surface area contributed by atoms with Crippen LogP contribution in [0.3, 0.4) is 0 Å². The molecule has 3 N–H and O–H groups in total. The third kappa shape index (κ3) is 1.95. The number of hydrogen-bond acceptors (Lipinski definition) is 4. The molecule has 1 aromatic heterocycles. The Kier molecular flexibility index (Phi) is 2.27. The number of rotatable bonds is 3. The van der Waals surface area contributed by atoms with Crippen molar-refractivity contribution in [2.45, 2.75) is 26.2 Å². The Morgan fingerprint density at radius 1 is 1.43 bits per heavy atom. The van der Waals surface area contributed by atoms with Crippen molar-refractivity contribution in [2.75, 3.05) is 17.6 Å². The van der Waals surface area contributed by atoms with E-state index in [-0.39, 0.29) is 0 Å².